The van der Waals surface area contributed by atoms with Crippen LogP contribution in [0.4, 0.5) is 0 Å². The van der Waals surface area contributed by atoms with Crippen LogP contribution >= 0.6 is 11.6 Å². The minimum Gasteiger partial charge on any atom is -0.496 e. The molecule has 1 aromatic carbocycles. The fourth-order valence-electron chi connectivity index (χ4n) is 2.58. The summed E-state index contributed by atoms with van der Waals surface area (Å²) in [5.74, 6) is 0.895. The summed E-state index contributed by atoms with van der Waals surface area (Å²) in [6, 6.07) is 6.38. The molecule has 0 radical (unpaired) electrons. The predicted octanol–water partition coefficient (Wildman–Crippen LogP) is 3.20. The highest BCUT2D eigenvalue weighted by atomic mass is 35.5. The first-order valence-corrected chi connectivity index (χ1v) is 7.35. The number of nitrogens with zero attached hydrogens (tertiary/aromatic N) is 2. The Hall–Kier alpha value is -1.52. The number of ether oxygens (including phenoxy) is 1. The van der Waals surface area contributed by atoms with Gasteiger partial charge in [-0.1, -0.05) is 23.7 Å². The topological polar surface area (TPSA) is 39.1 Å². The molecule has 1 N–H and O–H groups in total. The first kappa shape index (κ1) is 15.9. The van der Waals surface area contributed by atoms with Gasteiger partial charge in [-0.2, -0.15) is 5.10 Å². The lowest BCUT2D eigenvalue weighted by molar-refractivity contribution is 0.401. The molecule has 0 bridgehead atoms. The lowest BCUT2D eigenvalue weighted by Crippen LogP contribution is -2.20. The number of nitrogens with one attached hydrogen (secondary N) is 1. The number of benzene rings is 1. The van der Waals surface area contributed by atoms with Crippen molar-refractivity contribution in [3.8, 4) is 5.75 Å². The van der Waals surface area contributed by atoms with E-state index in [1.165, 1.54) is 5.56 Å². The molecule has 1 heterocycles. The summed E-state index contributed by atoms with van der Waals surface area (Å²) in [4.78, 5) is 0. The quantitative estimate of drug-likeness (QED) is 0.922. The van der Waals surface area contributed by atoms with Crippen LogP contribution in [0.25, 0.3) is 0 Å². The van der Waals surface area contributed by atoms with Crippen LogP contribution in [0.15, 0.2) is 18.2 Å². The van der Waals surface area contributed by atoms with E-state index in [-0.39, 0.29) is 6.04 Å². The van der Waals surface area contributed by atoms with Crippen molar-refractivity contribution in [2.45, 2.75) is 26.3 Å². The molecule has 1 unspecified atom stereocenters. The Balaban J connectivity index is 2.36. The summed E-state index contributed by atoms with van der Waals surface area (Å²) in [7, 11) is 5.51. The van der Waals surface area contributed by atoms with E-state index in [1.54, 1.807) is 11.8 Å². The number of likely N-dealkylation sites (N-methyl/N-ethyl adjacent to an activating group) is 1. The maximum atomic E-state index is 6.34. The zero-order chi connectivity index (χ0) is 15.6. The Morgan fingerprint density at radius 1 is 1.38 bits per heavy atom. The van der Waals surface area contributed by atoms with E-state index in [9.17, 15) is 0 Å². The van der Waals surface area contributed by atoms with Gasteiger partial charge in [0.2, 0.25) is 0 Å². The summed E-state index contributed by atoms with van der Waals surface area (Å²) >= 11 is 6.34. The van der Waals surface area contributed by atoms with Gasteiger partial charge in [-0.15, -0.1) is 0 Å². The standard InChI is InChI=1S/C16H22ClN3O/c1-10-6-7-12(15(8-10)21-5)14(18-3)9-13-11(2)19-20(4)16(13)17/h6-8,14,18H,9H2,1-5H3. The Morgan fingerprint density at radius 2 is 2.10 bits per heavy atom. The molecular weight excluding hydrogens is 286 g/mol. The zero-order valence-corrected chi connectivity index (χ0v) is 14.0. The highest BCUT2D eigenvalue weighted by molar-refractivity contribution is 6.30. The molecule has 1 aromatic heterocycles. The largest absolute Gasteiger partial charge is 0.496 e. The van der Waals surface area contributed by atoms with Crippen LogP contribution in [0.5, 0.6) is 5.75 Å². The lowest BCUT2D eigenvalue weighted by atomic mass is 9.97. The third kappa shape index (κ3) is 3.22. The summed E-state index contributed by atoms with van der Waals surface area (Å²) in [5, 5.41) is 8.42. The van der Waals surface area contributed by atoms with Crippen molar-refractivity contribution in [1.82, 2.24) is 15.1 Å². The van der Waals surface area contributed by atoms with Crippen molar-refractivity contribution in [3.05, 3.63) is 45.7 Å². The highest BCUT2D eigenvalue weighted by Gasteiger charge is 2.20. The molecule has 0 fully saturated rings. The molecule has 21 heavy (non-hydrogen) atoms. The predicted molar refractivity (Wildman–Crippen MR) is 86.2 cm³/mol. The van der Waals surface area contributed by atoms with E-state index < -0.39 is 0 Å². The van der Waals surface area contributed by atoms with Crippen LogP contribution in [0.1, 0.15) is 28.4 Å². The maximum Gasteiger partial charge on any atom is 0.130 e. The zero-order valence-electron chi connectivity index (χ0n) is 13.2. The number of methoxy groups -OCH3 is 1. The third-order valence-corrected chi connectivity index (χ3v) is 4.26. The Bertz CT molecular complexity index is 637. The fraction of sp³-hybridized carbons (Fsp3) is 0.438. The number of halogens is 1. The molecule has 0 spiro atoms. The molecule has 114 valence electrons. The fourth-order valence-corrected chi connectivity index (χ4v) is 2.84. The summed E-state index contributed by atoms with van der Waals surface area (Å²) in [6.07, 6.45) is 0.772. The number of rotatable bonds is 5. The molecule has 0 saturated carbocycles. The molecule has 0 amide bonds. The number of aromatic nitrogens is 2. The summed E-state index contributed by atoms with van der Waals surface area (Å²) < 4.78 is 7.23. The van der Waals surface area contributed by atoms with E-state index in [4.69, 9.17) is 16.3 Å². The normalized spacial score (nSPS) is 12.5. The maximum absolute atomic E-state index is 6.34. The second-order valence-electron chi connectivity index (χ2n) is 5.27. The van der Waals surface area contributed by atoms with Crippen LogP contribution in [-0.2, 0) is 13.5 Å². The van der Waals surface area contributed by atoms with Gasteiger partial charge < -0.3 is 10.1 Å². The molecule has 0 aliphatic carbocycles. The van der Waals surface area contributed by atoms with Crippen molar-refractivity contribution >= 4 is 11.6 Å². The van der Waals surface area contributed by atoms with Crippen LogP contribution in [0, 0.1) is 13.8 Å². The molecule has 0 aliphatic rings. The van der Waals surface area contributed by atoms with Gasteiger partial charge in [-0.3, -0.25) is 4.68 Å². The molecule has 2 rings (SSSR count). The molecule has 0 saturated heterocycles. The smallest absolute Gasteiger partial charge is 0.130 e. The monoisotopic (exact) mass is 307 g/mol. The van der Waals surface area contributed by atoms with Gasteiger partial charge in [0.05, 0.1) is 12.8 Å². The minimum atomic E-state index is 0.126. The Morgan fingerprint density at radius 3 is 2.62 bits per heavy atom. The number of aryl methyl sites for hydroxylation is 3. The molecular formula is C16H22ClN3O. The van der Waals surface area contributed by atoms with Gasteiger partial charge in [0.1, 0.15) is 10.9 Å². The highest BCUT2D eigenvalue weighted by Crippen LogP contribution is 2.31. The minimum absolute atomic E-state index is 0.126. The molecule has 0 aliphatic heterocycles. The van der Waals surface area contributed by atoms with Crippen LogP contribution < -0.4 is 10.1 Å². The molecule has 5 heteroatoms. The van der Waals surface area contributed by atoms with Crippen molar-refractivity contribution in [3.63, 3.8) is 0 Å². The average Bonchev–Trinajstić information content (AvgIpc) is 2.70. The number of hydrogen-bond acceptors (Lipinski definition) is 3. The van der Waals surface area contributed by atoms with E-state index in [0.29, 0.717) is 5.15 Å². The van der Waals surface area contributed by atoms with E-state index >= 15 is 0 Å². The third-order valence-electron chi connectivity index (χ3n) is 3.79. The van der Waals surface area contributed by atoms with Crippen LogP contribution in [0.2, 0.25) is 5.15 Å². The van der Waals surface area contributed by atoms with E-state index in [1.807, 2.05) is 21.0 Å². The van der Waals surface area contributed by atoms with Gasteiger partial charge in [0.25, 0.3) is 0 Å². The van der Waals surface area contributed by atoms with E-state index in [0.717, 1.165) is 29.0 Å². The van der Waals surface area contributed by atoms with Crippen molar-refractivity contribution in [2.75, 3.05) is 14.2 Å². The Labute approximate surface area is 131 Å². The second kappa shape index (κ2) is 6.50. The summed E-state index contributed by atoms with van der Waals surface area (Å²) in [5.41, 5.74) is 4.35. The molecule has 4 nitrogen and oxygen atoms in total. The van der Waals surface area contributed by atoms with Gasteiger partial charge in [0.15, 0.2) is 0 Å². The molecule has 1 atom stereocenters. The molecule has 2 aromatic rings. The van der Waals surface area contributed by atoms with Crippen molar-refractivity contribution in [1.29, 1.82) is 0 Å². The van der Waals surface area contributed by atoms with Gasteiger partial charge >= 0.3 is 0 Å². The van der Waals surface area contributed by atoms with Gasteiger partial charge in [-0.05, 0) is 38.9 Å². The summed E-state index contributed by atoms with van der Waals surface area (Å²) in [6.45, 7) is 4.04. The van der Waals surface area contributed by atoms with Crippen molar-refractivity contribution in [2.24, 2.45) is 7.05 Å². The number of hydrogen-bond donors (Lipinski definition) is 1. The van der Waals surface area contributed by atoms with E-state index in [2.05, 4.69) is 35.5 Å². The van der Waals surface area contributed by atoms with Gasteiger partial charge in [0, 0.05) is 24.2 Å². The Kier molecular flexibility index (Phi) is 4.91. The first-order chi connectivity index (χ1) is 9.97. The van der Waals surface area contributed by atoms with Crippen molar-refractivity contribution < 1.29 is 4.74 Å². The van der Waals surface area contributed by atoms with Crippen LogP contribution in [0.3, 0.4) is 0 Å². The van der Waals surface area contributed by atoms with Crippen LogP contribution in [-0.4, -0.2) is 23.9 Å². The second-order valence-corrected chi connectivity index (χ2v) is 5.63. The first-order valence-electron chi connectivity index (χ1n) is 6.97. The van der Waals surface area contributed by atoms with Gasteiger partial charge in [-0.25, -0.2) is 0 Å². The lowest BCUT2D eigenvalue weighted by Gasteiger charge is -2.20. The average molecular weight is 308 g/mol. The SMILES string of the molecule is CNC(Cc1c(C)nn(C)c1Cl)c1ccc(C)cc1OC.